The van der Waals surface area contributed by atoms with E-state index in [0.717, 1.165) is 24.6 Å². The second-order valence-corrected chi connectivity index (χ2v) is 6.93. The topological polar surface area (TPSA) is 71.2 Å². The summed E-state index contributed by atoms with van der Waals surface area (Å²) in [5, 5.41) is 3.73. The summed E-state index contributed by atoms with van der Waals surface area (Å²) in [7, 11) is 0. The Labute approximate surface area is 125 Å². The second kappa shape index (κ2) is 6.92. The van der Waals surface area contributed by atoms with Gasteiger partial charge in [0.2, 0.25) is 0 Å². The van der Waals surface area contributed by atoms with Gasteiger partial charge < -0.3 is 16.0 Å². The number of anilines is 2. The minimum Gasteiger partial charge on any atom is -0.382 e. The van der Waals surface area contributed by atoms with Crippen LogP contribution in [-0.4, -0.2) is 30.5 Å². The molecule has 1 aromatic heterocycles. The number of amides is 1. The Morgan fingerprint density at radius 3 is 2.45 bits per heavy atom. The number of hydrogen-bond donors (Lipinski definition) is 2. The molecular formula is C14H26N4OS. The van der Waals surface area contributed by atoms with Gasteiger partial charge in [-0.15, -0.1) is 0 Å². The average Bonchev–Trinajstić information content (AvgIpc) is 2.71. The molecule has 0 aromatic carbocycles. The standard InChI is InChI=1S/C14H26N4OS/c1-6-18(7-2)13-17-11(15)10(20-13)12(19)16-9-8-14(3,4)5/h6-9,15H2,1-5H3,(H,16,19). The Morgan fingerprint density at radius 1 is 1.35 bits per heavy atom. The molecule has 0 atom stereocenters. The molecule has 6 heteroatoms. The van der Waals surface area contributed by atoms with Crippen LogP contribution in [-0.2, 0) is 0 Å². The molecule has 0 radical (unpaired) electrons. The predicted octanol–water partition coefficient (Wildman–Crippen LogP) is 2.74. The van der Waals surface area contributed by atoms with Crippen LogP contribution in [0.2, 0.25) is 0 Å². The molecule has 114 valence electrons. The van der Waals surface area contributed by atoms with Crippen LogP contribution < -0.4 is 16.0 Å². The fourth-order valence-corrected chi connectivity index (χ4v) is 2.77. The van der Waals surface area contributed by atoms with Gasteiger partial charge in [-0.3, -0.25) is 4.79 Å². The Kier molecular flexibility index (Phi) is 5.80. The molecule has 1 aromatic rings. The van der Waals surface area contributed by atoms with Crippen molar-refractivity contribution >= 4 is 28.2 Å². The minimum absolute atomic E-state index is 0.123. The van der Waals surface area contributed by atoms with Gasteiger partial charge in [-0.2, -0.15) is 0 Å². The maximum atomic E-state index is 12.1. The normalized spacial score (nSPS) is 11.4. The number of carbonyl (C=O) groups is 1. The van der Waals surface area contributed by atoms with Gasteiger partial charge in [-0.1, -0.05) is 32.1 Å². The summed E-state index contributed by atoms with van der Waals surface area (Å²) in [6.45, 7) is 12.9. The van der Waals surface area contributed by atoms with Crippen LogP contribution in [0.5, 0.6) is 0 Å². The molecule has 1 amide bonds. The quantitative estimate of drug-likeness (QED) is 0.847. The van der Waals surface area contributed by atoms with Gasteiger partial charge in [0.15, 0.2) is 5.13 Å². The lowest BCUT2D eigenvalue weighted by molar-refractivity contribution is 0.0954. The predicted molar refractivity (Wildman–Crippen MR) is 86.5 cm³/mol. The number of aromatic nitrogens is 1. The lowest BCUT2D eigenvalue weighted by Crippen LogP contribution is -2.27. The van der Waals surface area contributed by atoms with Crippen LogP contribution in [0.4, 0.5) is 10.9 Å². The third kappa shape index (κ3) is 4.67. The van der Waals surface area contributed by atoms with Gasteiger partial charge >= 0.3 is 0 Å². The molecule has 0 fully saturated rings. The Balaban J connectivity index is 2.69. The summed E-state index contributed by atoms with van der Waals surface area (Å²) in [4.78, 5) is 19.0. The van der Waals surface area contributed by atoms with Crippen molar-refractivity contribution in [3.8, 4) is 0 Å². The first-order valence-corrected chi connectivity index (χ1v) is 7.89. The highest BCUT2D eigenvalue weighted by molar-refractivity contribution is 7.18. The molecule has 5 nitrogen and oxygen atoms in total. The van der Waals surface area contributed by atoms with Crippen molar-refractivity contribution in [2.75, 3.05) is 30.3 Å². The molecule has 0 aliphatic heterocycles. The van der Waals surface area contributed by atoms with Crippen molar-refractivity contribution < 1.29 is 4.79 Å². The number of nitrogens with one attached hydrogen (secondary N) is 1. The van der Waals surface area contributed by atoms with Crippen LogP contribution in [0.15, 0.2) is 0 Å². The number of nitrogens with zero attached hydrogens (tertiary/aromatic N) is 2. The van der Waals surface area contributed by atoms with Gasteiger partial charge in [-0.25, -0.2) is 4.98 Å². The van der Waals surface area contributed by atoms with Crippen LogP contribution in [0.1, 0.15) is 50.7 Å². The zero-order valence-corrected chi connectivity index (χ0v) is 13.9. The minimum atomic E-state index is -0.123. The summed E-state index contributed by atoms with van der Waals surface area (Å²) < 4.78 is 0. The maximum Gasteiger partial charge on any atom is 0.265 e. The number of thiazole rings is 1. The summed E-state index contributed by atoms with van der Waals surface area (Å²) in [5.74, 6) is 0.202. The van der Waals surface area contributed by atoms with Crippen molar-refractivity contribution in [2.45, 2.75) is 41.0 Å². The van der Waals surface area contributed by atoms with Gasteiger partial charge in [0.1, 0.15) is 10.7 Å². The summed E-state index contributed by atoms with van der Waals surface area (Å²) in [6.07, 6.45) is 0.931. The Hall–Kier alpha value is -1.30. The molecule has 0 aliphatic carbocycles. The Morgan fingerprint density at radius 2 is 1.95 bits per heavy atom. The third-order valence-corrected chi connectivity index (χ3v) is 4.17. The van der Waals surface area contributed by atoms with E-state index in [9.17, 15) is 4.79 Å². The van der Waals surface area contributed by atoms with Crippen molar-refractivity contribution in [1.82, 2.24) is 10.3 Å². The van der Waals surface area contributed by atoms with E-state index >= 15 is 0 Å². The van der Waals surface area contributed by atoms with Gasteiger partial charge in [0.05, 0.1) is 0 Å². The summed E-state index contributed by atoms with van der Waals surface area (Å²) >= 11 is 1.36. The largest absolute Gasteiger partial charge is 0.382 e. The van der Waals surface area contributed by atoms with E-state index in [1.165, 1.54) is 11.3 Å². The monoisotopic (exact) mass is 298 g/mol. The van der Waals surface area contributed by atoms with Gasteiger partial charge in [-0.05, 0) is 25.7 Å². The highest BCUT2D eigenvalue weighted by Crippen LogP contribution is 2.28. The molecule has 0 aliphatic rings. The maximum absolute atomic E-state index is 12.1. The van der Waals surface area contributed by atoms with E-state index in [-0.39, 0.29) is 11.3 Å². The molecule has 1 heterocycles. The number of hydrogen-bond acceptors (Lipinski definition) is 5. The molecule has 0 unspecified atom stereocenters. The first-order valence-electron chi connectivity index (χ1n) is 7.08. The van der Waals surface area contributed by atoms with E-state index < -0.39 is 0 Å². The SMILES string of the molecule is CCN(CC)c1nc(N)c(C(=O)NCCC(C)(C)C)s1. The molecule has 20 heavy (non-hydrogen) atoms. The molecule has 0 saturated carbocycles. The van der Waals surface area contributed by atoms with Crippen molar-refractivity contribution in [3.63, 3.8) is 0 Å². The molecule has 0 bridgehead atoms. The van der Waals surface area contributed by atoms with Gasteiger partial charge in [0, 0.05) is 19.6 Å². The highest BCUT2D eigenvalue weighted by Gasteiger charge is 2.19. The van der Waals surface area contributed by atoms with E-state index in [0.29, 0.717) is 17.2 Å². The molecular weight excluding hydrogens is 272 g/mol. The lowest BCUT2D eigenvalue weighted by Gasteiger charge is -2.17. The molecule has 3 N–H and O–H groups in total. The fraction of sp³-hybridized carbons (Fsp3) is 0.714. The zero-order valence-electron chi connectivity index (χ0n) is 13.1. The Bertz CT molecular complexity index is 447. The highest BCUT2D eigenvalue weighted by atomic mass is 32.1. The van der Waals surface area contributed by atoms with E-state index in [1.807, 2.05) is 0 Å². The average molecular weight is 298 g/mol. The zero-order chi connectivity index (χ0) is 15.3. The van der Waals surface area contributed by atoms with E-state index in [4.69, 9.17) is 5.73 Å². The smallest absolute Gasteiger partial charge is 0.265 e. The van der Waals surface area contributed by atoms with E-state index in [2.05, 4.69) is 49.8 Å². The first-order chi connectivity index (χ1) is 9.28. The third-order valence-electron chi connectivity index (χ3n) is 3.04. The van der Waals surface area contributed by atoms with Crippen molar-refractivity contribution in [1.29, 1.82) is 0 Å². The molecule has 0 spiro atoms. The van der Waals surface area contributed by atoms with Crippen LogP contribution in [0.25, 0.3) is 0 Å². The summed E-state index contributed by atoms with van der Waals surface area (Å²) in [6, 6.07) is 0. The van der Waals surface area contributed by atoms with Crippen LogP contribution in [0.3, 0.4) is 0 Å². The number of carbonyl (C=O) groups excluding carboxylic acids is 1. The molecule has 1 rings (SSSR count). The number of nitrogen functional groups attached to an aromatic ring is 1. The number of nitrogens with two attached hydrogens (primary N) is 1. The molecule has 0 saturated heterocycles. The van der Waals surface area contributed by atoms with E-state index in [1.54, 1.807) is 0 Å². The van der Waals surface area contributed by atoms with Crippen molar-refractivity contribution in [3.05, 3.63) is 4.88 Å². The van der Waals surface area contributed by atoms with Crippen molar-refractivity contribution in [2.24, 2.45) is 5.41 Å². The fourth-order valence-electron chi connectivity index (χ4n) is 1.74. The summed E-state index contributed by atoms with van der Waals surface area (Å²) in [5.41, 5.74) is 6.07. The second-order valence-electron chi connectivity index (χ2n) is 5.95. The van der Waals surface area contributed by atoms with Crippen LogP contribution in [0, 0.1) is 5.41 Å². The lowest BCUT2D eigenvalue weighted by atomic mass is 9.92. The first kappa shape index (κ1) is 16.8. The van der Waals surface area contributed by atoms with Gasteiger partial charge in [0.25, 0.3) is 5.91 Å². The van der Waals surface area contributed by atoms with Crippen LogP contribution >= 0.6 is 11.3 Å². The number of rotatable bonds is 6.